The van der Waals surface area contributed by atoms with Crippen LogP contribution in [0.4, 0.5) is 0 Å². The van der Waals surface area contributed by atoms with Crippen LogP contribution in [-0.2, 0) is 0 Å². The SMILES string of the molecule is CNC(CSc1cc(C)cc(C)n1)C1CCCCC1. The van der Waals surface area contributed by atoms with Crippen molar-refractivity contribution in [3.8, 4) is 0 Å². The standard InChI is InChI=1S/C16H26N2S/c1-12-9-13(2)18-16(10-12)19-11-15(17-3)14-7-5-4-6-8-14/h9-10,14-15,17H,4-8,11H2,1-3H3. The zero-order valence-electron chi connectivity index (χ0n) is 12.4. The first kappa shape index (κ1) is 14.9. The molecule has 1 fully saturated rings. The molecule has 2 nitrogen and oxygen atoms in total. The van der Waals surface area contributed by atoms with Crippen molar-refractivity contribution in [2.45, 2.75) is 57.0 Å². The van der Waals surface area contributed by atoms with Gasteiger partial charge in [-0.2, -0.15) is 0 Å². The minimum atomic E-state index is 0.632. The van der Waals surface area contributed by atoms with Crippen LogP contribution in [0.1, 0.15) is 43.4 Å². The summed E-state index contributed by atoms with van der Waals surface area (Å²) in [6.07, 6.45) is 7.04. The van der Waals surface area contributed by atoms with Gasteiger partial charge in [0.05, 0.1) is 5.03 Å². The van der Waals surface area contributed by atoms with Crippen LogP contribution in [0.15, 0.2) is 17.2 Å². The molecule has 2 rings (SSSR count). The molecule has 1 heterocycles. The van der Waals surface area contributed by atoms with Crippen LogP contribution in [0.5, 0.6) is 0 Å². The lowest BCUT2D eigenvalue weighted by atomic mass is 9.84. The molecule has 0 bridgehead atoms. The average Bonchev–Trinajstić information content (AvgIpc) is 2.39. The number of thioether (sulfide) groups is 1. The number of nitrogens with one attached hydrogen (secondary N) is 1. The molecule has 1 aromatic rings. The number of aryl methyl sites for hydroxylation is 2. The van der Waals surface area contributed by atoms with E-state index in [9.17, 15) is 0 Å². The van der Waals surface area contributed by atoms with Crippen molar-refractivity contribution in [3.63, 3.8) is 0 Å². The Morgan fingerprint density at radius 1 is 1.26 bits per heavy atom. The van der Waals surface area contributed by atoms with E-state index in [-0.39, 0.29) is 0 Å². The second-order valence-electron chi connectivity index (χ2n) is 5.73. The lowest BCUT2D eigenvalue weighted by molar-refractivity contribution is 0.294. The Hall–Kier alpha value is -0.540. The summed E-state index contributed by atoms with van der Waals surface area (Å²) in [5.74, 6) is 1.99. The third-order valence-corrected chi connectivity index (χ3v) is 5.11. The molecule has 1 atom stereocenters. The minimum Gasteiger partial charge on any atom is -0.316 e. The molecule has 0 spiro atoms. The number of hydrogen-bond donors (Lipinski definition) is 1. The molecule has 106 valence electrons. The Kier molecular flexibility index (Phi) is 5.71. The first-order valence-corrected chi connectivity index (χ1v) is 8.43. The molecule has 1 aromatic heterocycles. The summed E-state index contributed by atoms with van der Waals surface area (Å²) in [6.45, 7) is 4.23. The van der Waals surface area contributed by atoms with Gasteiger partial charge in [0.15, 0.2) is 0 Å². The Bertz CT molecular complexity index is 379. The van der Waals surface area contributed by atoms with Gasteiger partial charge in [-0.15, -0.1) is 11.8 Å². The van der Waals surface area contributed by atoms with Gasteiger partial charge in [0.2, 0.25) is 0 Å². The molecular formula is C16H26N2S. The predicted octanol–water partition coefficient (Wildman–Crippen LogP) is 3.96. The Balaban J connectivity index is 1.91. The highest BCUT2D eigenvalue weighted by atomic mass is 32.2. The summed E-state index contributed by atoms with van der Waals surface area (Å²) in [5, 5.41) is 4.70. The minimum absolute atomic E-state index is 0.632. The summed E-state index contributed by atoms with van der Waals surface area (Å²) in [4.78, 5) is 4.62. The van der Waals surface area contributed by atoms with Gasteiger partial charge in [0, 0.05) is 17.5 Å². The second kappa shape index (κ2) is 7.30. The fourth-order valence-corrected chi connectivity index (χ4v) is 4.31. The van der Waals surface area contributed by atoms with E-state index in [1.54, 1.807) is 0 Å². The number of hydrogen-bond acceptors (Lipinski definition) is 3. The maximum Gasteiger partial charge on any atom is 0.0966 e. The first-order chi connectivity index (χ1) is 9.19. The summed E-state index contributed by atoms with van der Waals surface area (Å²) < 4.78 is 0. The molecular weight excluding hydrogens is 252 g/mol. The van der Waals surface area contributed by atoms with Crippen molar-refractivity contribution in [2.75, 3.05) is 12.8 Å². The number of nitrogens with zero attached hydrogens (tertiary/aromatic N) is 1. The van der Waals surface area contributed by atoms with Crippen LogP contribution in [0.25, 0.3) is 0 Å². The van der Waals surface area contributed by atoms with Crippen molar-refractivity contribution in [1.29, 1.82) is 0 Å². The fraction of sp³-hybridized carbons (Fsp3) is 0.688. The van der Waals surface area contributed by atoms with E-state index in [1.165, 1.54) is 42.7 Å². The van der Waals surface area contributed by atoms with Gasteiger partial charge < -0.3 is 5.32 Å². The average molecular weight is 278 g/mol. The molecule has 0 amide bonds. The van der Waals surface area contributed by atoms with Crippen molar-refractivity contribution < 1.29 is 0 Å². The van der Waals surface area contributed by atoms with Crippen LogP contribution in [0.2, 0.25) is 0 Å². The zero-order valence-corrected chi connectivity index (χ0v) is 13.2. The third kappa shape index (κ3) is 4.50. The maximum atomic E-state index is 4.62. The largest absolute Gasteiger partial charge is 0.316 e. The van der Waals surface area contributed by atoms with Gasteiger partial charge in [-0.3, -0.25) is 0 Å². The lowest BCUT2D eigenvalue weighted by Gasteiger charge is -2.29. The van der Waals surface area contributed by atoms with Crippen molar-refractivity contribution in [3.05, 3.63) is 23.4 Å². The normalized spacial score (nSPS) is 18.5. The van der Waals surface area contributed by atoms with Crippen molar-refractivity contribution in [1.82, 2.24) is 10.3 Å². The van der Waals surface area contributed by atoms with Gasteiger partial charge >= 0.3 is 0 Å². The molecule has 0 radical (unpaired) electrons. The molecule has 0 aliphatic heterocycles. The number of aromatic nitrogens is 1. The fourth-order valence-electron chi connectivity index (χ4n) is 3.05. The Morgan fingerprint density at radius 3 is 2.63 bits per heavy atom. The second-order valence-corrected chi connectivity index (χ2v) is 6.77. The van der Waals surface area contributed by atoms with Crippen LogP contribution < -0.4 is 5.32 Å². The molecule has 3 heteroatoms. The first-order valence-electron chi connectivity index (χ1n) is 7.44. The van der Waals surface area contributed by atoms with E-state index in [0.29, 0.717) is 6.04 Å². The highest BCUT2D eigenvalue weighted by Crippen LogP contribution is 2.29. The van der Waals surface area contributed by atoms with Crippen LogP contribution >= 0.6 is 11.8 Å². The number of pyridine rings is 1. The van der Waals surface area contributed by atoms with Crippen LogP contribution in [-0.4, -0.2) is 23.8 Å². The van der Waals surface area contributed by atoms with E-state index < -0.39 is 0 Å². The molecule has 0 aromatic carbocycles. The summed E-state index contributed by atoms with van der Waals surface area (Å²) in [7, 11) is 2.11. The summed E-state index contributed by atoms with van der Waals surface area (Å²) in [5.41, 5.74) is 2.44. The van der Waals surface area contributed by atoms with E-state index in [0.717, 1.165) is 17.4 Å². The van der Waals surface area contributed by atoms with Gasteiger partial charge in [-0.1, -0.05) is 19.3 Å². The van der Waals surface area contributed by atoms with E-state index >= 15 is 0 Å². The van der Waals surface area contributed by atoms with Crippen LogP contribution in [0, 0.1) is 19.8 Å². The van der Waals surface area contributed by atoms with Crippen molar-refractivity contribution in [2.24, 2.45) is 5.92 Å². The highest BCUT2D eigenvalue weighted by molar-refractivity contribution is 7.99. The van der Waals surface area contributed by atoms with Gasteiger partial charge in [-0.25, -0.2) is 4.98 Å². The molecule has 1 N–H and O–H groups in total. The molecule has 1 unspecified atom stereocenters. The highest BCUT2D eigenvalue weighted by Gasteiger charge is 2.22. The maximum absolute atomic E-state index is 4.62. The monoisotopic (exact) mass is 278 g/mol. The summed E-state index contributed by atoms with van der Waals surface area (Å²) in [6, 6.07) is 4.97. The summed E-state index contributed by atoms with van der Waals surface area (Å²) >= 11 is 1.90. The van der Waals surface area contributed by atoms with E-state index in [2.05, 4.69) is 43.3 Å². The van der Waals surface area contributed by atoms with E-state index in [4.69, 9.17) is 0 Å². The Morgan fingerprint density at radius 2 is 2.00 bits per heavy atom. The quantitative estimate of drug-likeness (QED) is 0.825. The molecule has 1 aliphatic rings. The lowest BCUT2D eigenvalue weighted by Crippen LogP contribution is -2.36. The molecule has 19 heavy (non-hydrogen) atoms. The van der Waals surface area contributed by atoms with Gasteiger partial charge in [0.1, 0.15) is 0 Å². The third-order valence-electron chi connectivity index (χ3n) is 4.07. The smallest absolute Gasteiger partial charge is 0.0966 e. The van der Waals surface area contributed by atoms with Gasteiger partial charge in [-0.05, 0) is 57.4 Å². The number of rotatable bonds is 5. The zero-order chi connectivity index (χ0) is 13.7. The van der Waals surface area contributed by atoms with Crippen LogP contribution in [0.3, 0.4) is 0 Å². The molecule has 0 saturated heterocycles. The molecule has 1 aliphatic carbocycles. The predicted molar refractivity (Wildman–Crippen MR) is 83.9 cm³/mol. The van der Waals surface area contributed by atoms with E-state index in [1.807, 2.05) is 11.8 Å². The topological polar surface area (TPSA) is 24.9 Å². The van der Waals surface area contributed by atoms with Crippen molar-refractivity contribution >= 4 is 11.8 Å². The Labute approximate surface area is 121 Å². The molecule has 1 saturated carbocycles. The van der Waals surface area contributed by atoms with Gasteiger partial charge in [0.25, 0.3) is 0 Å².